The average Bonchev–Trinajstić information content (AvgIpc) is 3.10. The molecule has 0 radical (unpaired) electrons. The third-order valence-corrected chi connectivity index (χ3v) is 3.90. The van der Waals surface area contributed by atoms with Gasteiger partial charge in [-0.05, 0) is 12.1 Å². The summed E-state index contributed by atoms with van der Waals surface area (Å²) in [5, 5.41) is 7.28. The first kappa shape index (κ1) is 13.1. The van der Waals surface area contributed by atoms with Gasteiger partial charge in [-0.25, -0.2) is 0 Å². The van der Waals surface area contributed by atoms with Gasteiger partial charge in [0.05, 0.1) is 0 Å². The molecule has 0 aromatic heterocycles. The third kappa shape index (κ3) is 2.54. The monoisotopic (exact) mass is 273 g/mol. The van der Waals surface area contributed by atoms with Crippen molar-refractivity contribution < 1.29 is 9.63 Å². The molecule has 1 N–H and O–H groups in total. The van der Waals surface area contributed by atoms with Gasteiger partial charge in [-0.2, -0.15) is 0 Å². The minimum Gasteiger partial charge on any atom is -0.387 e. The Balaban J connectivity index is 1.62. The van der Waals surface area contributed by atoms with Crippen molar-refractivity contribution in [2.75, 3.05) is 20.1 Å². The van der Waals surface area contributed by atoms with Crippen molar-refractivity contribution >= 4 is 11.6 Å². The van der Waals surface area contributed by atoms with Crippen LogP contribution in [0.1, 0.15) is 18.4 Å². The Labute approximate surface area is 118 Å². The first-order valence-electron chi connectivity index (χ1n) is 6.94. The van der Waals surface area contributed by atoms with E-state index in [2.05, 4.69) is 10.5 Å². The lowest BCUT2D eigenvalue weighted by atomic mass is 9.96. The first-order chi connectivity index (χ1) is 9.69. The highest BCUT2D eigenvalue weighted by atomic mass is 16.7. The lowest BCUT2D eigenvalue weighted by molar-refractivity contribution is -0.123. The number of amides is 1. The Hall–Kier alpha value is -1.88. The fourth-order valence-electron chi connectivity index (χ4n) is 2.74. The fraction of sp³-hybridized carbons (Fsp3) is 0.467. The molecule has 20 heavy (non-hydrogen) atoms. The van der Waals surface area contributed by atoms with E-state index >= 15 is 0 Å². The standard InChI is InChI=1S/C15H19N3O2/c1-18(10-12-5-3-2-4-6-12)14(19)13-9-15(20-17-13)7-8-16-11-15/h2-6,16H,7-11H2,1H3/t15-/m0/s1. The number of rotatable bonds is 3. The van der Waals surface area contributed by atoms with Crippen LogP contribution in [0.5, 0.6) is 0 Å². The van der Waals surface area contributed by atoms with E-state index in [9.17, 15) is 4.79 Å². The molecule has 1 amide bonds. The molecule has 2 aliphatic heterocycles. The molecule has 1 fully saturated rings. The SMILES string of the molecule is CN(Cc1ccccc1)C(=O)C1=NO[C@@]2(CCNC2)C1. The van der Waals surface area contributed by atoms with Crippen molar-refractivity contribution in [2.45, 2.75) is 25.0 Å². The van der Waals surface area contributed by atoms with Gasteiger partial charge in [0.1, 0.15) is 5.71 Å². The molecular weight excluding hydrogens is 254 g/mol. The van der Waals surface area contributed by atoms with Crippen LogP contribution in [-0.4, -0.2) is 42.3 Å². The molecule has 1 aromatic carbocycles. The third-order valence-electron chi connectivity index (χ3n) is 3.90. The number of nitrogens with zero attached hydrogens (tertiary/aromatic N) is 2. The van der Waals surface area contributed by atoms with Gasteiger partial charge in [0.2, 0.25) is 0 Å². The van der Waals surface area contributed by atoms with Gasteiger partial charge in [-0.15, -0.1) is 0 Å². The summed E-state index contributed by atoms with van der Waals surface area (Å²) in [5.74, 6) is -0.0439. The molecule has 0 saturated carbocycles. The number of hydrogen-bond acceptors (Lipinski definition) is 4. The van der Waals surface area contributed by atoms with E-state index in [4.69, 9.17) is 4.84 Å². The van der Waals surface area contributed by atoms with E-state index in [0.29, 0.717) is 18.7 Å². The maximum Gasteiger partial charge on any atom is 0.271 e. The summed E-state index contributed by atoms with van der Waals surface area (Å²) >= 11 is 0. The zero-order valence-corrected chi connectivity index (χ0v) is 11.6. The molecule has 5 nitrogen and oxygen atoms in total. The molecule has 1 aromatic rings. The molecule has 1 spiro atoms. The van der Waals surface area contributed by atoms with Crippen LogP contribution in [0.25, 0.3) is 0 Å². The van der Waals surface area contributed by atoms with Crippen LogP contribution in [0.2, 0.25) is 0 Å². The summed E-state index contributed by atoms with van der Waals surface area (Å²) in [5.41, 5.74) is 1.37. The Kier molecular flexibility index (Phi) is 3.44. The van der Waals surface area contributed by atoms with Gasteiger partial charge < -0.3 is 15.1 Å². The highest BCUT2D eigenvalue weighted by Gasteiger charge is 2.44. The number of oxime groups is 1. The van der Waals surface area contributed by atoms with Crippen molar-refractivity contribution in [1.82, 2.24) is 10.2 Å². The predicted molar refractivity (Wildman–Crippen MR) is 76.3 cm³/mol. The Morgan fingerprint density at radius 2 is 2.25 bits per heavy atom. The summed E-state index contributed by atoms with van der Waals surface area (Å²) in [7, 11) is 1.80. The number of benzene rings is 1. The molecule has 1 saturated heterocycles. The minimum absolute atomic E-state index is 0.0439. The van der Waals surface area contributed by atoms with Gasteiger partial charge >= 0.3 is 0 Å². The molecule has 5 heteroatoms. The van der Waals surface area contributed by atoms with Gasteiger partial charge in [0, 0.05) is 33.0 Å². The van der Waals surface area contributed by atoms with Crippen molar-refractivity contribution in [3.63, 3.8) is 0 Å². The van der Waals surface area contributed by atoms with Crippen LogP contribution in [0.4, 0.5) is 0 Å². The highest BCUT2D eigenvalue weighted by molar-refractivity contribution is 6.39. The highest BCUT2D eigenvalue weighted by Crippen LogP contribution is 2.30. The van der Waals surface area contributed by atoms with Crippen LogP contribution in [0.3, 0.4) is 0 Å². The lowest BCUT2D eigenvalue weighted by Crippen LogP contribution is -2.36. The number of hydrogen-bond donors (Lipinski definition) is 1. The molecule has 2 aliphatic rings. The van der Waals surface area contributed by atoms with Crippen LogP contribution < -0.4 is 5.32 Å². The first-order valence-corrected chi connectivity index (χ1v) is 6.94. The Morgan fingerprint density at radius 3 is 2.95 bits per heavy atom. The zero-order valence-electron chi connectivity index (χ0n) is 11.6. The molecular formula is C15H19N3O2. The van der Waals surface area contributed by atoms with Crippen LogP contribution >= 0.6 is 0 Å². The summed E-state index contributed by atoms with van der Waals surface area (Å²) in [4.78, 5) is 19.6. The van der Waals surface area contributed by atoms with Gasteiger partial charge in [0.15, 0.2) is 5.60 Å². The number of nitrogens with one attached hydrogen (secondary N) is 1. The predicted octanol–water partition coefficient (Wildman–Crippen LogP) is 1.15. The zero-order chi connectivity index (χ0) is 14.0. The molecule has 0 bridgehead atoms. The summed E-state index contributed by atoms with van der Waals surface area (Å²) in [6.45, 7) is 2.29. The lowest BCUT2D eigenvalue weighted by Gasteiger charge is -2.19. The summed E-state index contributed by atoms with van der Waals surface area (Å²) < 4.78 is 0. The fourth-order valence-corrected chi connectivity index (χ4v) is 2.74. The topological polar surface area (TPSA) is 53.9 Å². The normalized spacial score (nSPS) is 24.6. The second kappa shape index (κ2) is 5.25. The van der Waals surface area contributed by atoms with E-state index in [0.717, 1.165) is 25.1 Å². The number of carbonyl (C=O) groups is 1. The van der Waals surface area contributed by atoms with Crippen molar-refractivity contribution in [3.05, 3.63) is 35.9 Å². The second-order valence-corrected chi connectivity index (χ2v) is 5.56. The van der Waals surface area contributed by atoms with Crippen molar-refractivity contribution in [3.8, 4) is 0 Å². The maximum atomic E-state index is 12.4. The van der Waals surface area contributed by atoms with E-state index in [1.807, 2.05) is 30.3 Å². The Bertz CT molecular complexity index is 521. The summed E-state index contributed by atoms with van der Waals surface area (Å²) in [6, 6.07) is 9.95. The van der Waals surface area contributed by atoms with Crippen molar-refractivity contribution in [2.24, 2.45) is 5.16 Å². The van der Waals surface area contributed by atoms with Gasteiger partial charge in [0.25, 0.3) is 5.91 Å². The maximum absolute atomic E-state index is 12.4. The molecule has 2 heterocycles. The van der Waals surface area contributed by atoms with E-state index in [-0.39, 0.29) is 11.5 Å². The van der Waals surface area contributed by atoms with Crippen LogP contribution in [0, 0.1) is 0 Å². The summed E-state index contributed by atoms with van der Waals surface area (Å²) in [6.07, 6.45) is 1.52. The molecule has 1 atom stereocenters. The van der Waals surface area contributed by atoms with Gasteiger partial charge in [-0.1, -0.05) is 35.5 Å². The van der Waals surface area contributed by atoms with Gasteiger partial charge in [-0.3, -0.25) is 4.79 Å². The average molecular weight is 273 g/mol. The quantitative estimate of drug-likeness (QED) is 0.899. The minimum atomic E-state index is -0.279. The molecule has 3 rings (SSSR count). The molecule has 106 valence electrons. The van der Waals surface area contributed by atoms with Crippen LogP contribution in [0.15, 0.2) is 35.5 Å². The van der Waals surface area contributed by atoms with Crippen molar-refractivity contribution in [1.29, 1.82) is 0 Å². The van der Waals surface area contributed by atoms with Crippen LogP contribution in [-0.2, 0) is 16.2 Å². The van der Waals surface area contributed by atoms with E-state index < -0.39 is 0 Å². The molecule has 0 aliphatic carbocycles. The largest absolute Gasteiger partial charge is 0.387 e. The van der Waals surface area contributed by atoms with E-state index in [1.54, 1.807) is 11.9 Å². The van der Waals surface area contributed by atoms with E-state index in [1.165, 1.54) is 0 Å². The molecule has 0 unspecified atom stereocenters. The second-order valence-electron chi connectivity index (χ2n) is 5.56. The Morgan fingerprint density at radius 1 is 1.45 bits per heavy atom. The smallest absolute Gasteiger partial charge is 0.271 e. The number of carbonyl (C=O) groups excluding carboxylic acids is 1.